The van der Waals surface area contributed by atoms with Crippen molar-refractivity contribution in [3.8, 4) is 5.75 Å². The SMILES string of the molecule is COc1cccc2c1ccn2Cc1ccc(Cl)cc1. The van der Waals surface area contributed by atoms with Crippen LogP contribution in [0.25, 0.3) is 10.9 Å². The quantitative estimate of drug-likeness (QED) is 0.691. The maximum absolute atomic E-state index is 5.90. The molecule has 0 atom stereocenters. The number of halogens is 1. The van der Waals surface area contributed by atoms with Gasteiger partial charge >= 0.3 is 0 Å². The first-order valence-electron chi connectivity index (χ1n) is 6.14. The molecule has 3 heteroatoms. The van der Waals surface area contributed by atoms with Crippen molar-refractivity contribution in [1.82, 2.24) is 4.57 Å². The minimum Gasteiger partial charge on any atom is -0.496 e. The summed E-state index contributed by atoms with van der Waals surface area (Å²) in [5, 5.41) is 1.90. The van der Waals surface area contributed by atoms with Gasteiger partial charge in [-0.1, -0.05) is 29.8 Å². The summed E-state index contributed by atoms with van der Waals surface area (Å²) in [4.78, 5) is 0. The predicted molar refractivity (Wildman–Crippen MR) is 79.0 cm³/mol. The average molecular weight is 272 g/mol. The van der Waals surface area contributed by atoms with Crippen LogP contribution < -0.4 is 4.74 Å². The lowest BCUT2D eigenvalue weighted by Crippen LogP contribution is -1.97. The van der Waals surface area contributed by atoms with Gasteiger partial charge in [-0.15, -0.1) is 0 Å². The minimum absolute atomic E-state index is 0.766. The van der Waals surface area contributed by atoms with Crippen LogP contribution in [0.5, 0.6) is 5.75 Å². The highest BCUT2D eigenvalue weighted by Gasteiger charge is 2.05. The molecule has 0 saturated heterocycles. The molecule has 3 rings (SSSR count). The van der Waals surface area contributed by atoms with Gasteiger partial charge in [-0.25, -0.2) is 0 Å². The van der Waals surface area contributed by atoms with E-state index in [1.165, 1.54) is 11.1 Å². The Hall–Kier alpha value is -1.93. The molecule has 1 aromatic heterocycles. The lowest BCUT2D eigenvalue weighted by atomic mass is 10.2. The summed E-state index contributed by atoms with van der Waals surface area (Å²) in [7, 11) is 1.70. The van der Waals surface area contributed by atoms with E-state index in [-0.39, 0.29) is 0 Å². The van der Waals surface area contributed by atoms with Crippen molar-refractivity contribution in [2.45, 2.75) is 6.54 Å². The van der Waals surface area contributed by atoms with Crippen LogP contribution in [0.1, 0.15) is 5.56 Å². The predicted octanol–water partition coefficient (Wildman–Crippen LogP) is 4.35. The van der Waals surface area contributed by atoms with Crippen LogP contribution in [0, 0.1) is 0 Å². The zero-order chi connectivity index (χ0) is 13.2. The number of nitrogens with zero attached hydrogens (tertiary/aromatic N) is 1. The van der Waals surface area contributed by atoms with Gasteiger partial charge in [0.1, 0.15) is 5.75 Å². The van der Waals surface area contributed by atoms with Gasteiger partial charge in [0, 0.05) is 23.2 Å². The second kappa shape index (κ2) is 4.98. The summed E-state index contributed by atoms with van der Waals surface area (Å²) in [6, 6.07) is 16.1. The van der Waals surface area contributed by atoms with Gasteiger partial charge in [-0.2, -0.15) is 0 Å². The Balaban J connectivity index is 1.99. The monoisotopic (exact) mass is 271 g/mol. The van der Waals surface area contributed by atoms with E-state index in [9.17, 15) is 0 Å². The Kier molecular flexibility index (Phi) is 3.18. The summed E-state index contributed by atoms with van der Waals surface area (Å²) in [5.41, 5.74) is 2.40. The van der Waals surface area contributed by atoms with E-state index in [2.05, 4.69) is 22.9 Å². The second-order valence-corrected chi connectivity index (χ2v) is 4.90. The third-order valence-corrected chi connectivity index (χ3v) is 3.51. The Morgan fingerprint density at radius 1 is 1.05 bits per heavy atom. The lowest BCUT2D eigenvalue weighted by Gasteiger charge is -2.07. The molecule has 0 unspecified atom stereocenters. The number of hydrogen-bond donors (Lipinski definition) is 0. The van der Waals surface area contributed by atoms with E-state index < -0.39 is 0 Å². The summed E-state index contributed by atoms with van der Waals surface area (Å²) in [6.07, 6.45) is 2.09. The molecular formula is C16H14ClNO. The smallest absolute Gasteiger partial charge is 0.128 e. The van der Waals surface area contributed by atoms with Crippen molar-refractivity contribution in [1.29, 1.82) is 0 Å². The Bertz CT molecular complexity index is 700. The van der Waals surface area contributed by atoms with Crippen molar-refractivity contribution in [3.05, 3.63) is 65.3 Å². The number of ether oxygens (including phenoxy) is 1. The van der Waals surface area contributed by atoms with Crippen LogP contribution in [0.4, 0.5) is 0 Å². The summed E-state index contributed by atoms with van der Waals surface area (Å²) in [6.45, 7) is 0.827. The molecule has 0 bridgehead atoms. The molecule has 2 nitrogen and oxygen atoms in total. The summed E-state index contributed by atoms with van der Waals surface area (Å²) in [5.74, 6) is 0.910. The molecule has 96 valence electrons. The Morgan fingerprint density at radius 3 is 2.58 bits per heavy atom. The molecule has 0 aliphatic rings. The second-order valence-electron chi connectivity index (χ2n) is 4.46. The third kappa shape index (κ3) is 2.32. The Morgan fingerprint density at radius 2 is 1.84 bits per heavy atom. The van der Waals surface area contributed by atoms with Crippen molar-refractivity contribution >= 4 is 22.5 Å². The average Bonchev–Trinajstić information content (AvgIpc) is 2.84. The van der Waals surface area contributed by atoms with Gasteiger partial charge in [0.2, 0.25) is 0 Å². The lowest BCUT2D eigenvalue weighted by molar-refractivity contribution is 0.420. The van der Waals surface area contributed by atoms with Crippen molar-refractivity contribution in [3.63, 3.8) is 0 Å². The van der Waals surface area contributed by atoms with E-state index in [1.54, 1.807) is 7.11 Å². The third-order valence-electron chi connectivity index (χ3n) is 3.26. The molecule has 0 saturated carbocycles. The van der Waals surface area contributed by atoms with Gasteiger partial charge in [0.05, 0.1) is 12.6 Å². The molecular weight excluding hydrogens is 258 g/mol. The van der Waals surface area contributed by atoms with Gasteiger partial charge in [0.25, 0.3) is 0 Å². The molecule has 3 aromatic rings. The topological polar surface area (TPSA) is 14.2 Å². The number of methoxy groups -OCH3 is 1. The van der Waals surface area contributed by atoms with Gasteiger partial charge in [0.15, 0.2) is 0 Å². The maximum Gasteiger partial charge on any atom is 0.128 e. The van der Waals surface area contributed by atoms with Gasteiger partial charge in [-0.3, -0.25) is 0 Å². The van der Waals surface area contributed by atoms with Gasteiger partial charge in [-0.05, 0) is 35.9 Å². The van der Waals surface area contributed by atoms with Gasteiger partial charge < -0.3 is 9.30 Å². The zero-order valence-corrected chi connectivity index (χ0v) is 11.4. The van der Waals surface area contributed by atoms with Crippen molar-refractivity contribution < 1.29 is 4.74 Å². The molecule has 2 aromatic carbocycles. The van der Waals surface area contributed by atoms with Crippen molar-refractivity contribution in [2.24, 2.45) is 0 Å². The van der Waals surface area contributed by atoms with E-state index in [1.807, 2.05) is 36.4 Å². The molecule has 0 aliphatic carbocycles. The molecule has 0 spiro atoms. The first-order valence-corrected chi connectivity index (χ1v) is 6.52. The highest BCUT2D eigenvalue weighted by atomic mass is 35.5. The Labute approximate surface area is 117 Å². The van der Waals surface area contributed by atoms with E-state index in [0.717, 1.165) is 22.7 Å². The van der Waals surface area contributed by atoms with Crippen LogP contribution in [0.2, 0.25) is 5.02 Å². The van der Waals surface area contributed by atoms with E-state index in [0.29, 0.717) is 0 Å². The fourth-order valence-electron chi connectivity index (χ4n) is 2.30. The maximum atomic E-state index is 5.90. The van der Waals surface area contributed by atoms with Crippen LogP contribution >= 0.6 is 11.6 Å². The number of rotatable bonds is 3. The minimum atomic E-state index is 0.766. The molecule has 19 heavy (non-hydrogen) atoms. The van der Waals surface area contributed by atoms with Crippen LogP contribution in [0.15, 0.2) is 54.7 Å². The fraction of sp³-hybridized carbons (Fsp3) is 0.125. The first-order chi connectivity index (χ1) is 9.28. The molecule has 0 aliphatic heterocycles. The van der Waals surface area contributed by atoms with Crippen LogP contribution in [-0.4, -0.2) is 11.7 Å². The molecule has 0 N–H and O–H groups in total. The first kappa shape index (κ1) is 12.1. The summed E-state index contributed by atoms with van der Waals surface area (Å²) >= 11 is 5.90. The van der Waals surface area contributed by atoms with Crippen LogP contribution in [0.3, 0.4) is 0 Å². The van der Waals surface area contributed by atoms with Crippen LogP contribution in [-0.2, 0) is 6.54 Å². The number of fused-ring (bicyclic) bond motifs is 1. The highest BCUT2D eigenvalue weighted by Crippen LogP contribution is 2.26. The van der Waals surface area contributed by atoms with E-state index in [4.69, 9.17) is 16.3 Å². The zero-order valence-electron chi connectivity index (χ0n) is 10.6. The molecule has 1 heterocycles. The molecule has 0 radical (unpaired) electrons. The number of hydrogen-bond acceptors (Lipinski definition) is 1. The number of benzene rings is 2. The number of aromatic nitrogens is 1. The summed E-state index contributed by atoms with van der Waals surface area (Å²) < 4.78 is 7.59. The largest absolute Gasteiger partial charge is 0.496 e. The standard InChI is InChI=1S/C16H14ClNO/c1-19-16-4-2-3-15-14(16)9-10-18(15)11-12-5-7-13(17)8-6-12/h2-10H,11H2,1H3. The fourth-order valence-corrected chi connectivity index (χ4v) is 2.42. The van der Waals surface area contributed by atoms with Crippen molar-refractivity contribution in [2.75, 3.05) is 7.11 Å². The highest BCUT2D eigenvalue weighted by molar-refractivity contribution is 6.30. The normalized spacial score (nSPS) is 10.8. The molecule has 0 amide bonds. The van der Waals surface area contributed by atoms with E-state index >= 15 is 0 Å². The molecule has 0 fully saturated rings.